The SMILES string of the molecule is CC1=C(C)CB(c2c(C([Si](C)(C)C)[Si](C)(C)C)cc(C([Si](C)(C)C)[Si](C)(C)C)cc2C([Si](C)(C)C)[Si](C)(C)C)[Se]C1. The van der Waals surface area contributed by atoms with Crippen LogP contribution in [0.4, 0.5) is 0 Å². The van der Waals surface area contributed by atoms with Crippen LogP contribution < -0.4 is 5.46 Å². The first-order chi connectivity index (χ1) is 18.0. The zero-order chi connectivity index (χ0) is 32.3. The molecular weight excluding hydrogens is 655 g/mol. The molecular formula is C33H69BSeSi6. The fourth-order valence-electron chi connectivity index (χ4n) is 9.55. The van der Waals surface area contributed by atoms with Gasteiger partial charge in [0.1, 0.15) is 0 Å². The van der Waals surface area contributed by atoms with Crippen LogP contribution in [0, 0.1) is 0 Å². The van der Waals surface area contributed by atoms with Gasteiger partial charge in [-0.05, 0) is 0 Å². The molecule has 8 heteroatoms. The number of hydrogen-bond acceptors (Lipinski definition) is 0. The summed E-state index contributed by atoms with van der Waals surface area (Å²) < 4.78 is 0. The van der Waals surface area contributed by atoms with Crippen molar-refractivity contribution in [1.29, 1.82) is 0 Å². The molecule has 1 aromatic rings. The van der Waals surface area contributed by atoms with Crippen LogP contribution in [0.5, 0.6) is 0 Å². The molecule has 0 bridgehead atoms. The van der Waals surface area contributed by atoms with Gasteiger partial charge in [-0.2, -0.15) is 0 Å². The summed E-state index contributed by atoms with van der Waals surface area (Å²) in [5.41, 5.74) is 11.6. The summed E-state index contributed by atoms with van der Waals surface area (Å²) in [6.45, 7) is 53.4. The van der Waals surface area contributed by atoms with E-state index in [4.69, 9.17) is 0 Å². The summed E-state index contributed by atoms with van der Waals surface area (Å²) in [5.74, 6) is 0. The van der Waals surface area contributed by atoms with Gasteiger partial charge in [0.25, 0.3) is 0 Å². The van der Waals surface area contributed by atoms with E-state index < -0.39 is 48.4 Å². The van der Waals surface area contributed by atoms with Crippen molar-refractivity contribution in [3.05, 3.63) is 40.0 Å². The molecule has 1 heterocycles. The van der Waals surface area contributed by atoms with Crippen molar-refractivity contribution in [2.45, 2.75) is 159 Å². The van der Waals surface area contributed by atoms with Crippen LogP contribution in [-0.4, -0.2) is 68.8 Å². The van der Waals surface area contributed by atoms with E-state index in [-0.39, 0.29) is 0 Å². The van der Waals surface area contributed by atoms with Crippen molar-refractivity contribution in [2.75, 3.05) is 0 Å². The topological polar surface area (TPSA) is 0 Å². The van der Waals surface area contributed by atoms with Gasteiger partial charge in [0.05, 0.1) is 0 Å². The van der Waals surface area contributed by atoms with Gasteiger partial charge in [-0.3, -0.25) is 0 Å². The predicted molar refractivity (Wildman–Crippen MR) is 214 cm³/mol. The average molecular weight is 724 g/mol. The van der Waals surface area contributed by atoms with Crippen LogP contribution in [0.15, 0.2) is 23.3 Å². The molecule has 0 nitrogen and oxygen atoms in total. The van der Waals surface area contributed by atoms with Gasteiger partial charge in [-0.15, -0.1) is 0 Å². The quantitative estimate of drug-likeness (QED) is 0.167. The number of allylic oxidation sites excluding steroid dienone is 2. The first kappa shape index (κ1) is 38.0. The van der Waals surface area contributed by atoms with Crippen molar-refractivity contribution >= 4 is 74.2 Å². The van der Waals surface area contributed by atoms with E-state index in [1.807, 2.05) is 16.6 Å². The molecule has 0 spiro atoms. The Kier molecular flexibility index (Phi) is 11.7. The van der Waals surface area contributed by atoms with Gasteiger partial charge in [-0.1, -0.05) is 0 Å². The van der Waals surface area contributed by atoms with Crippen molar-refractivity contribution < 1.29 is 0 Å². The Morgan fingerprint density at radius 1 is 0.512 bits per heavy atom. The third-order valence-corrected chi connectivity index (χ3v) is 40.3. The van der Waals surface area contributed by atoms with Crippen LogP contribution in [0.25, 0.3) is 0 Å². The molecule has 1 aliphatic rings. The van der Waals surface area contributed by atoms with E-state index in [1.165, 1.54) is 11.6 Å². The van der Waals surface area contributed by atoms with E-state index >= 15 is 0 Å². The molecule has 0 radical (unpaired) electrons. The van der Waals surface area contributed by atoms with Gasteiger partial charge in [0, 0.05) is 0 Å². The molecule has 1 aromatic carbocycles. The van der Waals surface area contributed by atoms with Gasteiger partial charge in [0.15, 0.2) is 0 Å². The molecule has 0 fully saturated rings. The second-order valence-corrected chi connectivity index (χ2v) is 56.3. The average Bonchev–Trinajstić information content (AvgIpc) is 2.63. The normalized spacial score (nSPS) is 17.0. The van der Waals surface area contributed by atoms with Gasteiger partial charge < -0.3 is 0 Å². The molecule has 0 saturated heterocycles. The Labute approximate surface area is 271 Å². The minimum absolute atomic E-state index is 0.651. The molecule has 1 aliphatic heterocycles. The van der Waals surface area contributed by atoms with Crippen molar-refractivity contribution in [2.24, 2.45) is 0 Å². The summed E-state index contributed by atoms with van der Waals surface area (Å²) in [5, 5.41) is 3.76. The molecule has 0 amide bonds. The third kappa shape index (κ3) is 9.20. The van der Waals surface area contributed by atoms with Gasteiger partial charge >= 0.3 is 273 Å². The fraction of sp³-hybridized carbons (Fsp3) is 0.758. The van der Waals surface area contributed by atoms with E-state index in [0.29, 0.717) is 14.8 Å². The summed E-state index contributed by atoms with van der Waals surface area (Å²) in [7, 11) is -8.81. The van der Waals surface area contributed by atoms with Crippen LogP contribution in [0.1, 0.15) is 46.0 Å². The predicted octanol–water partition coefficient (Wildman–Crippen LogP) is 10.9. The molecule has 0 saturated carbocycles. The second kappa shape index (κ2) is 12.6. The Balaban J connectivity index is 3.30. The van der Waals surface area contributed by atoms with Crippen LogP contribution in [-0.2, 0) is 0 Å². The monoisotopic (exact) mass is 724 g/mol. The van der Waals surface area contributed by atoms with Gasteiger partial charge in [-0.25, -0.2) is 0 Å². The fourth-order valence-corrected chi connectivity index (χ4v) is 50.9. The van der Waals surface area contributed by atoms with E-state index in [9.17, 15) is 0 Å². The standard InChI is InChI=1S/C33H69BSeSi6/c1-25-23-34(35-24-26(25)2)30-28(32(38(9,10)11)39(12,13)14)21-27(31(36(3,4)5)37(6,7)8)22-29(30)33(40(15,16)17)41(18,19)20/h21-22,31-33H,23-24H2,1-20H3. The molecule has 2 rings (SSSR count). The third-order valence-electron chi connectivity index (χ3n) is 9.46. The first-order valence-corrected chi connectivity index (χ1v) is 40.1. The maximum absolute atomic E-state index is 2.92. The van der Waals surface area contributed by atoms with E-state index in [0.717, 1.165) is 21.0 Å². The van der Waals surface area contributed by atoms with Crippen LogP contribution >= 0.6 is 0 Å². The van der Waals surface area contributed by atoms with E-state index in [2.05, 4.69) is 144 Å². The van der Waals surface area contributed by atoms with Crippen molar-refractivity contribution in [3.63, 3.8) is 0 Å². The Morgan fingerprint density at radius 3 is 1.10 bits per heavy atom. The number of hydrogen-bond donors (Lipinski definition) is 0. The molecule has 234 valence electrons. The number of benzene rings is 1. The summed E-state index contributed by atoms with van der Waals surface area (Å²) in [6.07, 6.45) is 1.31. The Hall–Kier alpha value is 0.846. The molecule has 0 N–H and O–H groups in total. The van der Waals surface area contributed by atoms with Crippen LogP contribution in [0.3, 0.4) is 0 Å². The van der Waals surface area contributed by atoms with Crippen molar-refractivity contribution in [1.82, 2.24) is 0 Å². The minimum atomic E-state index is -1.49. The summed E-state index contributed by atoms with van der Waals surface area (Å²) in [6, 6.07) is 5.84. The molecule has 0 aromatic heterocycles. The van der Waals surface area contributed by atoms with Gasteiger partial charge in [0.2, 0.25) is 0 Å². The zero-order valence-corrected chi connectivity index (χ0v) is 39.0. The van der Waals surface area contributed by atoms with Crippen LogP contribution in [0.2, 0.25) is 129 Å². The molecule has 0 atom stereocenters. The Bertz CT molecular complexity index is 1020. The first-order valence-electron chi connectivity index (χ1n) is 16.4. The maximum atomic E-state index is 2.92. The second-order valence-electron chi connectivity index (χ2n) is 20.2. The van der Waals surface area contributed by atoms with E-state index in [1.54, 1.807) is 16.7 Å². The van der Waals surface area contributed by atoms with Crippen molar-refractivity contribution in [3.8, 4) is 0 Å². The summed E-state index contributed by atoms with van der Waals surface area (Å²) in [4.78, 5) is 0. The summed E-state index contributed by atoms with van der Waals surface area (Å²) >= 11 is 0.651. The molecule has 0 unspecified atom stereocenters. The number of rotatable bonds is 10. The molecule has 0 aliphatic carbocycles. The zero-order valence-electron chi connectivity index (χ0n) is 31.3. The Morgan fingerprint density at radius 2 is 0.829 bits per heavy atom. The molecule has 41 heavy (non-hydrogen) atoms.